The molecule has 3 aromatic rings. The quantitative estimate of drug-likeness (QED) is 0.645. The Bertz CT molecular complexity index is 1260. The fraction of sp³-hybridized carbons (Fsp3) is 0.364. The molecule has 3 heterocycles. The molecule has 0 saturated heterocycles. The van der Waals surface area contributed by atoms with E-state index < -0.39 is 18.0 Å². The number of aromatic carboxylic acids is 1. The molecule has 5 rings (SSSR count). The number of benzene rings is 1. The minimum Gasteiger partial charge on any atom is -0.477 e. The van der Waals surface area contributed by atoms with Gasteiger partial charge in [0.2, 0.25) is 5.43 Å². The predicted octanol–water partition coefficient (Wildman–Crippen LogP) is 3.77. The molecule has 0 spiro atoms. The first-order chi connectivity index (χ1) is 14.8. The van der Waals surface area contributed by atoms with E-state index in [4.69, 9.17) is 4.74 Å². The van der Waals surface area contributed by atoms with Crippen molar-refractivity contribution in [3.05, 3.63) is 52.1 Å². The lowest BCUT2D eigenvalue weighted by Gasteiger charge is -2.22. The molecule has 1 saturated carbocycles. The molecule has 0 radical (unpaired) electrons. The van der Waals surface area contributed by atoms with Gasteiger partial charge in [-0.2, -0.15) is 8.78 Å². The highest BCUT2D eigenvalue weighted by Crippen LogP contribution is 2.43. The second-order valence-corrected chi connectivity index (χ2v) is 8.06. The monoisotopic (exact) mass is 429 g/mol. The van der Waals surface area contributed by atoms with Crippen LogP contribution in [0.3, 0.4) is 0 Å². The largest absolute Gasteiger partial charge is 0.477 e. The van der Waals surface area contributed by atoms with E-state index in [9.17, 15) is 23.5 Å². The number of nitrogens with one attached hydrogen (secondary N) is 1. The van der Waals surface area contributed by atoms with Crippen LogP contribution in [0.25, 0.3) is 22.0 Å². The van der Waals surface area contributed by atoms with Crippen LogP contribution in [0.2, 0.25) is 0 Å². The maximum Gasteiger partial charge on any atom is 0.387 e. The third kappa shape index (κ3) is 3.29. The normalized spacial score (nSPS) is 18.4. The highest BCUT2D eigenvalue weighted by molar-refractivity contribution is 5.97. The standard InChI is InChI=1S/C22H21F2N3O4/c1-11-17-8-12(9-26(17)7-6-25-11)14-4-5-15-18(20(14)31-22(23)24)27(13-2-3-13)10-16(19(15)28)21(29)30/h4-5,8-11,13,22,25H,2-3,6-7H2,1H3,(H,29,30)/t11-/m1/s1. The Morgan fingerprint density at radius 3 is 2.71 bits per heavy atom. The number of aromatic nitrogens is 2. The first-order valence-corrected chi connectivity index (χ1v) is 10.2. The van der Waals surface area contributed by atoms with Crippen LogP contribution in [0.4, 0.5) is 8.78 Å². The molecular formula is C22H21F2N3O4. The van der Waals surface area contributed by atoms with Crippen molar-refractivity contribution in [2.24, 2.45) is 0 Å². The van der Waals surface area contributed by atoms with Crippen molar-refractivity contribution < 1.29 is 23.4 Å². The lowest BCUT2D eigenvalue weighted by Crippen LogP contribution is -2.30. The maximum absolute atomic E-state index is 13.5. The molecule has 1 aliphatic heterocycles. The second-order valence-electron chi connectivity index (χ2n) is 8.06. The first-order valence-electron chi connectivity index (χ1n) is 10.2. The number of hydrogen-bond donors (Lipinski definition) is 2. The van der Waals surface area contributed by atoms with E-state index in [0.29, 0.717) is 11.1 Å². The van der Waals surface area contributed by atoms with E-state index in [0.717, 1.165) is 31.6 Å². The van der Waals surface area contributed by atoms with E-state index in [1.807, 2.05) is 19.2 Å². The summed E-state index contributed by atoms with van der Waals surface area (Å²) in [6.45, 7) is 0.500. The Morgan fingerprint density at radius 1 is 1.29 bits per heavy atom. The smallest absolute Gasteiger partial charge is 0.387 e. The molecule has 0 unspecified atom stereocenters. The number of rotatable bonds is 5. The zero-order chi connectivity index (χ0) is 21.9. The zero-order valence-electron chi connectivity index (χ0n) is 16.8. The Labute approximate surface area is 175 Å². The molecule has 31 heavy (non-hydrogen) atoms. The van der Waals surface area contributed by atoms with Crippen molar-refractivity contribution in [2.45, 2.75) is 45.0 Å². The number of ether oxygens (including phenoxy) is 1. The molecule has 7 nitrogen and oxygen atoms in total. The van der Waals surface area contributed by atoms with Crippen LogP contribution < -0.4 is 15.5 Å². The van der Waals surface area contributed by atoms with Crippen LogP contribution in [-0.4, -0.2) is 33.4 Å². The molecule has 2 N–H and O–H groups in total. The van der Waals surface area contributed by atoms with Gasteiger partial charge in [0.25, 0.3) is 0 Å². The van der Waals surface area contributed by atoms with E-state index in [2.05, 4.69) is 9.88 Å². The minimum absolute atomic E-state index is 0.0528. The number of carboxylic acid groups (broad SMARTS) is 1. The number of alkyl halides is 2. The van der Waals surface area contributed by atoms with Gasteiger partial charge >= 0.3 is 12.6 Å². The van der Waals surface area contributed by atoms with Gasteiger partial charge in [0, 0.05) is 54.4 Å². The zero-order valence-corrected chi connectivity index (χ0v) is 16.8. The molecular weight excluding hydrogens is 408 g/mol. The minimum atomic E-state index is -3.09. The lowest BCUT2D eigenvalue weighted by molar-refractivity contribution is -0.0486. The molecule has 1 fully saturated rings. The van der Waals surface area contributed by atoms with Gasteiger partial charge < -0.3 is 24.3 Å². The number of nitrogens with zero attached hydrogens (tertiary/aromatic N) is 2. The molecule has 1 atom stereocenters. The Morgan fingerprint density at radius 2 is 2.06 bits per heavy atom. The number of fused-ring (bicyclic) bond motifs is 2. The number of hydrogen-bond acceptors (Lipinski definition) is 4. The molecule has 1 aromatic carbocycles. The van der Waals surface area contributed by atoms with Crippen molar-refractivity contribution in [1.82, 2.24) is 14.5 Å². The molecule has 1 aliphatic carbocycles. The molecule has 0 amide bonds. The van der Waals surface area contributed by atoms with Gasteiger partial charge in [0.05, 0.1) is 10.9 Å². The summed E-state index contributed by atoms with van der Waals surface area (Å²) in [5, 5.41) is 12.9. The number of halogens is 2. The van der Waals surface area contributed by atoms with Gasteiger partial charge in [-0.05, 0) is 38.0 Å². The lowest BCUT2D eigenvalue weighted by atomic mass is 10.0. The first kappa shape index (κ1) is 19.7. The summed E-state index contributed by atoms with van der Waals surface area (Å²) in [5.41, 5.74) is 1.31. The summed E-state index contributed by atoms with van der Waals surface area (Å²) in [6.07, 6.45) is 4.71. The average Bonchev–Trinajstić information content (AvgIpc) is 3.46. The number of carbonyl (C=O) groups is 1. The number of pyridine rings is 1. The summed E-state index contributed by atoms with van der Waals surface area (Å²) in [4.78, 5) is 24.4. The summed E-state index contributed by atoms with van der Waals surface area (Å²) in [7, 11) is 0. The third-order valence-corrected chi connectivity index (χ3v) is 6.01. The van der Waals surface area contributed by atoms with Crippen LogP contribution in [0.1, 0.15) is 47.9 Å². The van der Waals surface area contributed by atoms with Crippen LogP contribution in [0.15, 0.2) is 35.4 Å². The fourth-order valence-corrected chi connectivity index (χ4v) is 4.39. The highest BCUT2D eigenvalue weighted by Gasteiger charge is 2.30. The van der Waals surface area contributed by atoms with Crippen molar-refractivity contribution >= 4 is 16.9 Å². The van der Waals surface area contributed by atoms with Crippen molar-refractivity contribution in [3.8, 4) is 16.9 Å². The SMILES string of the molecule is C[C@H]1NCCn2cc(-c3ccc4c(=O)c(C(=O)O)cn(C5CC5)c4c3OC(F)F)cc21. The van der Waals surface area contributed by atoms with Crippen LogP contribution >= 0.6 is 0 Å². The van der Waals surface area contributed by atoms with Gasteiger partial charge in [-0.25, -0.2) is 4.79 Å². The van der Waals surface area contributed by atoms with E-state index >= 15 is 0 Å². The van der Waals surface area contributed by atoms with Crippen molar-refractivity contribution in [1.29, 1.82) is 0 Å². The van der Waals surface area contributed by atoms with E-state index in [1.54, 1.807) is 10.6 Å². The van der Waals surface area contributed by atoms with Gasteiger partial charge in [-0.1, -0.05) is 0 Å². The molecule has 162 valence electrons. The average molecular weight is 429 g/mol. The summed E-state index contributed by atoms with van der Waals surface area (Å²) < 4.78 is 35.6. The Balaban J connectivity index is 1.80. The third-order valence-electron chi connectivity index (χ3n) is 6.01. The van der Waals surface area contributed by atoms with Crippen LogP contribution in [0, 0.1) is 0 Å². The maximum atomic E-state index is 13.5. The van der Waals surface area contributed by atoms with E-state index in [-0.39, 0.29) is 34.3 Å². The molecule has 2 aromatic heterocycles. The van der Waals surface area contributed by atoms with Crippen LogP contribution in [-0.2, 0) is 6.54 Å². The summed E-state index contributed by atoms with van der Waals surface area (Å²) in [6, 6.07) is 5.06. The topological polar surface area (TPSA) is 85.5 Å². The molecule has 2 aliphatic rings. The summed E-state index contributed by atoms with van der Waals surface area (Å²) >= 11 is 0. The predicted molar refractivity (Wildman–Crippen MR) is 110 cm³/mol. The van der Waals surface area contributed by atoms with Gasteiger partial charge in [0.15, 0.2) is 5.75 Å². The second kappa shape index (κ2) is 7.19. The number of carboxylic acids is 1. The summed E-state index contributed by atoms with van der Waals surface area (Å²) in [5.74, 6) is -1.44. The molecule has 9 heteroatoms. The Hall–Kier alpha value is -3.20. The van der Waals surface area contributed by atoms with E-state index in [1.165, 1.54) is 12.3 Å². The molecule has 0 bridgehead atoms. The highest BCUT2D eigenvalue weighted by atomic mass is 19.3. The van der Waals surface area contributed by atoms with Gasteiger partial charge in [-0.3, -0.25) is 4.79 Å². The Kier molecular flexibility index (Phi) is 4.58. The van der Waals surface area contributed by atoms with Crippen molar-refractivity contribution in [3.63, 3.8) is 0 Å². The fourth-order valence-electron chi connectivity index (χ4n) is 4.39. The van der Waals surface area contributed by atoms with Gasteiger partial charge in [0.1, 0.15) is 5.56 Å². The van der Waals surface area contributed by atoms with Gasteiger partial charge in [-0.15, -0.1) is 0 Å². The van der Waals surface area contributed by atoms with Crippen LogP contribution in [0.5, 0.6) is 5.75 Å². The van der Waals surface area contributed by atoms with Crippen molar-refractivity contribution in [2.75, 3.05) is 6.54 Å².